The summed E-state index contributed by atoms with van der Waals surface area (Å²) in [7, 11) is 0. The van der Waals surface area contributed by atoms with Gasteiger partial charge < -0.3 is 14.8 Å². The number of aryl methyl sites for hydroxylation is 1. The van der Waals surface area contributed by atoms with Crippen LogP contribution in [0.15, 0.2) is 48.5 Å². The SMILES string of the molecule is Cc1cccc(COc2ccccc2CNCCN2CCOCC2)c1. The average molecular weight is 340 g/mol. The van der Waals surface area contributed by atoms with E-state index in [-0.39, 0.29) is 0 Å². The molecule has 1 N–H and O–H groups in total. The van der Waals surface area contributed by atoms with Crippen molar-refractivity contribution in [1.82, 2.24) is 10.2 Å². The predicted molar refractivity (Wildman–Crippen MR) is 101 cm³/mol. The first-order chi connectivity index (χ1) is 12.3. The molecular weight excluding hydrogens is 312 g/mol. The third-order valence-corrected chi connectivity index (χ3v) is 4.47. The Kier molecular flexibility index (Phi) is 6.86. The zero-order valence-corrected chi connectivity index (χ0v) is 15.0. The van der Waals surface area contributed by atoms with Gasteiger partial charge in [0.15, 0.2) is 0 Å². The van der Waals surface area contributed by atoms with Gasteiger partial charge in [-0.3, -0.25) is 4.90 Å². The van der Waals surface area contributed by atoms with E-state index in [0.29, 0.717) is 6.61 Å². The molecule has 1 saturated heterocycles. The summed E-state index contributed by atoms with van der Waals surface area (Å²) in [6, 6.07) is 16.7. The van der Waals surface area contributed by atoms with Crippen LogP contribution in [0.2, 0.25) is 0 Å². The van der Waals surface area contributed by atoms with Crippen molar-refractivity contribution in [1.29, 1.82) is 0 Å². The smallest absolute Gasteiger partial charge is 0.124 e. The summed E-state index contributed by atoms with van der Waals surface area (Å²) < 4.78 is 11.4. The lowest BCUT2D eigenvalue weighted by Crippen LogP contribution is -2.40. The van der Waals surface area contributed by atoms with Crippen LogP contribution in [-0.4, -0.2) is 44.3 Å². The molecule has 1 aliphatic heterocycles. The minimum absolute atomic E-state index is 0.604. The van der Waals surface area contributed by atoms with Gasteiger partial charge in [-0.25, -0.2) is 0 Å². The Hall–Kier alpha value is -1.88. The summed E-state index contributed by atoms with van der Waals surface area (Å²) in [6.07, 6.45) is 0. The number of para-hydroxylation sites is 1. The molecule has 1 heterocycles. The van der Waals surface area contributed by atoms with Gasteiger partial charge in [0, 0.05) is 38.3 Å². The fourth-order valence-corrected chi connectivity index (χ4v) is 3.04. The fourth-order valence-electron chi connectivity index (χ4n) is 3.04. The standard InChI is InChI=1S/C21H28N2O2/c1-18-5-4-6-19(15-18)17-25-21-8-3-2-7-20(21)16-22-9-10-23-11-13-24-14-12-23/h2-8,15,22H,9-14,16-17H2,1H3. The first-order valence-electron chi connectivity index (χ1n) is 9.08. The van der Waals surface area contributed by atoms with E-state index in [4.69, 9.17) is 9.47 Å². The van der Waals surface area contributed by atoms with Gasteiger partial charge in [-0.1, -0.05) is 48.0 Å². The first-order valence-corrected chi connectivity index (χ1v) is 9.08. The molecule has 0 amide bonds. The number of nitrogens with zero attached hydrogens (tertiary/aromatic N) is 1. The molecule has 3 rings (SSSR count). The van der Waals surface area contributed by atoms with E-state index in [0.717, 1.165) is 51.7 Å². The lowest BCUT2D eigenvalue weighted by molar-refractivity contribution is 0.0384. The molecule has 0 spiro atoms. The van der Waals surface area contributed by atoms with Gasteiger partial charge in [0.05, 0.1) is 13.2 Å². The Morgan fingerprint density at radius 1 is 1.08 bits per heavy atom. The first kappa shape index (κ1) is 17.9. The fraction of sp³-hybridized carbons (Fsp3) is 0.429. The van der Waals surface area contributed by atoms with Gasteiger partial charge in [-0.05, 0) is 18.6 Å². The predicted octanol–water partition coefficient (Wildman–Crippen LogP) is 3.00. The van der Waals surface area contributed by atoms with E-state index in [1.54, 1.807) is 0 Å². The molecule has 2 aromatic carbocycles. The number of benzene rings is 2. The number of hydrogen-bond acceptors (Lipinski definition) is 4. The van der Waals surface area contributed by atoms with Crippen molar-refractivity contribution < 1.29 is 9.47 Å². The Morgan fingerprint density at radius 2 is 1.92 bits per heavy atom. The summed E-state index contributed by atoms with van der Waals surface area (Å²) >= 11 is 0. The largest absolute Gasteiger partial charge is 0.489 e. The van der Waals surface area contributed by atoms with Crippen LogP contribution in [-0.2, 0) is 17.9 Å². The molecule has 25 heavy (non-hydrogen) atoms. The number of rotatable bonds is 8. The van der Waals surface area contributed by atoms with Crippen LogP contribution in [0.3, 0.4) is 0 Å². The van der Waals surface area contributed by atoms with Crippen molar-refractivity contribution in [2.45, 2.75) is 20.1 Å². The van der Waals surface area contributed by atoms with Gasteiger partial charge in [0.25, 0.3) is 0 Å². The van der Waals surface area contributed by atoms with Crippen molar-refractivity contribution in [3.63, 3.8) is 0 Å². The molecule has 1 fully saturated rings. The van der Waals surface area contributed by atoms with Crippen LogP contribution in [0.5, 0.6) is 5.75 Å². The van der Waals surface area contributed by atoms with Crippen LogP contribution in [0, 0.1) is 6.92 Å². The molecule has 2 aromatic rings. The molecule has 4 nitrogen and oxygen atoms in total. The molecule has 0 bridgehead atoms. The van der Waals surface area contributed by atoms with Crippen molar-refractivity contribution in [2.75, 3.05) is 39.4 Å². The highest BCUT2D eigenvalue weighted by Crippen LogP contribution is 2.19. The molecule has 134 valence electrons. The number of nitrogens with one attached hydrogen (secondary N) is 1. The van der Waals surface area contributed by atoms with Crippen LogP contribution in [0.1, 0.15) is 16.7 Å². The summed E-state index contributed by atoms with van der Waals surface area (Å²) in [5.41, 5.74) is 3.67. The summed E-state index contributed by atoms with van der Waals surface area (Å²) in [5.74, 6) is 0.961. The number of ether oxygens (including phenoxy) is 2. The molecule has 0 saturated carbocycles. The van der Waals surface area contributed by atoms with E-state index >= 15 is 0 Å². The normalized spacial score (nSPS) is 15.2. The quantitative estimate of drug-likeness (QED) is 0.749. The van der Waals surface area contributed by atoms with Crippen LogP contribution >= 0.6 is 0 Å². The monoisotopic (exact) mass is 340 g/mol. The Morgan fingerprint density at radius 3 is 2.76 bits per heavy atom. The third kappa shape index (κ3) is 5.85. The van der Waals surface area contributed by atoms with E-state index in [2.05, 4.69) is 59.6 Å². The molecule has 0 unspecified atom stereocenters. The van der Waals surface area contributed by atoms with Crippen LogP contribution < -0.4 is 10.1 Å². The van der Waals surface area contributed by atoms with Gasteiger partial charge >= 0.3 is 0 Å². The molecule has 0 aromatic heterocycles. The van der Waals surface area contributed by atoms with E-state index in [9.17, 15) is 0 Å². The Labute approximate surface area is 150 Å². The second kappa shape index (κ2) is 9.56. The highest BCUT2D eigenvalue weighted by molar-refractivity contribution is 5.33. The average Bonchev–Trinajstić information content (AvgIpc) is 2.65. The highest BCUT2D eigenvalue weighted by atomic mass is 16.5. The van der Waals surface area contributed by atoms with Gasteiger partial charge in [-0.15, -0.1) is 0 Å². The van der Waals surface area contributed by atoms with E-state index < -0.39 is 0 Å². The molecule has 0 radical (unpaired) electrons. The topological polar surface area (TPSA) is 33.7 Å². The molecule has 4 heteroatoms. The van der Waals surface area contributed by atoms with Gasteiger partial charge in [-0.2, -0.15) is 0 Å². The van der Waals surface area contributed by atoms with Crippen molar-refractivity contribution >= 4 is 0 Å². The van der Waals surface area contributed by atoms with Crippen molar-refractivity contribution in [3.8, 4) is 5.75 Å². The molecule has 1 aliphatic rings. The maximum atomic E-state index is 6.06. The number of morpholine rings is 1. The van der Waals surface area contributed by atoms with Gasteiger partial charge in [0.2, 0.25) is 0 Å². The zero-order chi connectivity index (χ0) is 17.3. The lowest BCUT2D eigenvalue weighted by atomic mass is 10.1. The molecule has 0 aliphatic carbocycles. The third-order valence-electron chi connectivity index (χ3n) is 4.47. The summed E-state index contributed by atoms with van der Waals surface area (Å²) in [4.78, 5) is 2.44. The van der Waals surface area contributed by atoms with Crippen LogP contribution in [0.25, 0.3) is 0 Å². The van der Waals surface area contributed by atoms with Crippen molar-refractivity contribution in [2.24, 2.45) is 0 Å². The maximum Gasteiger partial charge on any atom is 0.124 e. The summed E-state index contributed by atoms with van der Waals surface area (Å²) in [5, 5.41) is 3.53. The molecule has 0 atom stereocenters. The molecular formula is C21H28N2O2. The van der Waals surface area contributed by atoms with E-state index in [1.807, 2.05) is 6.07 Å². The minimum atomic E-state index is 0.604. The van der Waals surface area contributed by atoms with Crippen molar-refractivity contribution in [3.05, 3.63) is 65.2 Å². The number of hydrogen-bond donors (Lipinski definition) is 1. The van der Waals surface area contributed by atoms with E-state index in [1.165, 1.54) is 16.7 Å². The second-order valence-electron chi connectivity index (χ2n) is 6.52. The van der Waals surface area contributed by atoms with Gasteiger partial charge in [0.1, 0.15) is 12.4 Å². The Balaban J connectivity index is 1.46. The second-order valence-corrected chi connectivity index (χ2v) is 6.52. The lowest BCUT2D eigenvalue weighted by Gasteiger charge is -2.26. The minimum Gasteiger partial charge on any atom is -0.489 e. The van der Waals surface area contributed by atoms with Crippen LogP contribution in [0.4, 0.5) is 0 Å². The summed E-state index contributed by atoms with van der Waals surface area (Å²) in [6.45, 7) is 9.37. The zero-order valence-electron chi connectivity index (χ0n) is 15.0. The Bertz CT molecular complexity index is 654. The maximum absolute atomic E-state index is 6.06. The highest BCUT2D eigenvalue weighted by Gasteiger charge is 2.09.